The zero-order valence-corrected chi connectivity index (χ0v) is 55.2. The molecule has 0 aromatic heterocycles. The minimum atomic E-state index is -4.41. The molecule has 0 saturated heterocycles. The lowest BCUT2D eigenvalue weighted by molar-refractivity contribution is -0.161. The van der Waals surface area contributed by atoms with Gasteiger partial charge in [-0.1, -0.05) is 301 Å². The minimum Gasteiger partial charge on any atom is -0.462 e. The average Bonchev–Trinajstić information content (AvgIpc) is 3.52. The van der Waals surface area contributed by atoms with Crippen LogP contribution in [0.15, 0.2) is 146 Å². The summed E-state index contributed by atoms with van der Waals surface area (Å²) in [7, 11) is -4.41. The number of hydrogen-bond acceptors (Lipinski definition) is 8. The second-order valence-electron chi connectivity index (χ2n) is 22.3. The van der Waals surface area contributed by atoms with Crippen molar-refractivity contribution in [1.29, 1.82) is 0 Å². The summed E-state index contributed by atoms with van der Waals surface area (Å²) in [5.41, 5.74) is 5.40. The van der Waals surface area contributed by atoms with E-state index in [1.807, 2.05) is 0 Å². The van der Waals surface area contributed by atoms with Crippen LogP contribution < -0.4 is 5.73 Å². The highest BCUT2D eigenvalue weighted by molar-refractivity contribution is 7.47. The summed E-state index contributed by atoms with van der Waals surface area (Å²) < 4.78 is 33.2. The van der Waals surface area contributed by atoms with E-state index in [0.29, 0.717) is 6.42 Å². The second kappa shape index (κ2) is 69.0. The summed E-state index contributed by atoms with van der Waals surface area (Å²) in [5, 5.41) is 0. The Morgan fingerprint density at radius 2 is 0.612 bits per heavy atom. The first kappa shape index (κ1) is 80.9. The monoisotopic (exact) mass is 1200 g/mol. The van der Waals surface area contributed by atoms with Crippen molar-refractivity contribution in [2.24, 2.45) is 5.73 Å². The predicted octanol–water partition coefficient (Wildman–Crippen LogP) is 22.6. The molecule has 0 bridgehead atoms. The fourth-order valence-corrected chi connectivity index (χ4v) is 10.00. The van der Waals surface area contributed by atoms with E-state index in [-0.39, 0.29) is 38.6 Å². The summed E-state index contributed by atoms with van der Waals surface area (Å²) >= 11 is 0. The average molecular weight is 1200 g/mol. The molecule has 0 amide bonds. The first-order valence-corrected chi connectivity index (χ1v) is 35.8. The quantitative estimate of drug-likeness (QED) is 0.0264. The van der Waals surface area contributed by atoms with Gasteiger partial charge in [-0.15, -0.1) is 0 Å². The standard InChI is InChI=1S/C75H126NO8P/c1-3-5-7-9-11-13-15-17-19-21-23-25-27-29-31-33-34-35-36-37-38-40-41-43-45-47-49-51-53-55-57-59-61-63-65-67-74(77)81-71-73(72-83-85(79,80)82-70-69-76)84-75(78)68-66-64-62-60-58-56-54-52-50-48-46-44-42-39-32-30-28-26-24-22-20-18-16-14-12-10-8-6-4-2/h5-8,11-14,17-20,23-26,29-32,42,44,48,50,73H,3-4,9-10,15-16,21-22,27-28,33-41,43,45-47,49,51-72,76H2,1-2H3,(H,79,80)/b7-5-,8-6-,13-11-,14-12-,19-17-,20-18-,25-23-,26-24-,31-29-,32-30-,44-42-,50-48-. The highest BCUT2D eigenvalue weighted by Crippen LogP contribution is 2.43. The van der Waals surface area contributed by atoms with E-state index >= 15 is 0 Å². The van der Waals surface area contributed by atoms with Gasteiger partial charge in [0.2, 0.25) is 0 Å². The Morgan fingerprint density at radius 1 is 0.353 bits per heavy atom. The van der Waals surface area contributed by atoms with Gasteiger partial charge in [0.25, 0.3) is 0 Å². The van der Waals surface area contributed by atoms with Crippen LogP contribution in [0.1, 0.15) is 284 Å². The Hall–Kier alpha value is -4.11. The number of nitrogens with two attached hydrogens (primary N) is 1. The second-order valence-corrected chi connectivity index (χ2v) is 23.7. The Kier molecular flexibility index (Phi) is 65.7. The smallest absolute Gasteiger partial charge is 0.462 e. The Morgan fingerprint density at radius 3 is 0.906 bits per heavy atom. The third-order valence-electron chi connectivity index (χ3n) is 14.2. The first-order chi connectivity index (χ1) is 41.8. The van der Waals surface area contributed by atoms with Crippen molar-refractivity contribution in [3.8, 4) is 0 Å². The molecule has 2 atom stereocenters. The maximum Gasteiger partial charge on any atom is 0.472 e. The topological polar surface area (TPSA) is 134 Å². The van der Waals surface area contributed by atoms with E-state index in [1.54, 1.807) is 0 Å². The van der Waals surface area contributed by atoms with E-state index in [2.05, 4.69) is 160 Å². The van der Waals surface area contributed by atoms with Crippen LogP contribution in [-0.4, -0.2) is 49.3 Å². The van der Waals surface area contributed by atoms with Crippen molar-refractivity contribution in [3.05, 3.63) is 146 Å². The Bertz CT molecular complexity index is 1900. The van der Waals surface area contributed by atoms with Crippen molar-refractivity contribution in [2.75, 3.05) is 26.4 Å². The van der Waals surface area contributed by atoms with Gasteiger partial charge in [-0.25, -0.2) is 4.57 Å². The molecule has 0 aliphatic rings. The summed E-state index contributed by atoms with van der Waals surface area (Å²) in [6.45, 7) is 3.51. The molecule has 85 heavy (non-hydrogen) atoms. The zero-order chi connectivity index (χ0) is 61.6. The molecule has 0 aliphatic carbocycles. The van der Waals surface area contributed by atoms with Gasteiger partial charge in [0.15, 0.2) is 6.10 Å². The summed E-state index contributed by atoms with van der Waals surface area (Å²) in [6, 6.07) is 0. The number of phosphoric acid groups is 1. The molecule has 484 valence electrons. The third kappa shape index (κ3) is 68.9. The van der Waals surface area contributed by atoms with Crippen molar-refractivity contribution < 1.29 is 37.6 Å². The number of phosphoric ester groups is 1. The first-order valence-electron chi connectivity index (χ1n) is 34.3. The molecule has 3 N–H and O–H groups in total. The number of allylic oxidation sites excluding steroid dienone is 24. The van der Waals surface area contributed by atoms with E-state index in [1.165, 1.54) is 128 Å². The number of unbranched alkanes of at least 4 members (excludes halogenated alkanes) is 26. The number of carbonyl (C=O) groups is 2. The molecule has 2 unspecified atom stereocenters. The molecule has 0 spiro atoms. The third-order valence-corrected chi connectivity index (χ3v) is 15.2. The van der Waals surface area contributed by atoms with Crippen molar-refractivity contribution in [2.45, 2.75) is 290 Å². The number of hydrogen-bond donors (Lipinski definition) is 2. The molecule has 0 aromatic carbocycles. The van der Waals surface area contributed by atoms with Crippen LogP contribution in [0.4, 0.5) is 0 Å². The van der Waals surface area contributed by atoms with Crippen LogP contribution in [-0.2, 0) is 32.7 Å². The Labute approximate surface area is 522 Å². The zero-order valence-electron chi connectivity index (χ0n) is 54.3. The predicted molar refractivity (Wildman–Crippen MR) is 367 cm³/mol. The summed E-state index contributed by atoms with van der Waals surface area (Å²) in [6.07, 6.45) is 99.3. The van der Waals surface area contributed by atoms with Crippen molar-refractivity contribution in [1.82, 2.24) is 0 Å². The maximum atomic E-state index is 12.8. The van der Waals surface area contributed by atoms with Gasteiger partial charge in [0.1, 0.15) is 6.61 Å². The molecular weight excluding hydrogens is 1070 g/mol. The van der Waals surface area contributed by atoms with Gasteiger partial charge in [-0.05, 0) is 116 Å². The number of rotatable bonds is 63. The fraction of sp³-hybridized carbons (Fsp3) is 0.653. The van der Waals surface area contributed by atoms with Gasteiger partial charge >= 0.3 is 19.8 Å². The molecule has 0 saturated carbocycles. The van der Waals surface area contributed by atoms with Crippen LogP contribution in [0, 0.1) is 0 Å². The van der Waals surface area contributed by atoms with Gasteiger partial charge in [0, 0.05) is 19.4 Å². The number of esters is 2. The fourth-order valence-electron chi connectivity index (χ4n) is 9.23. The molecule has 0 radical (unpaired) electrons. The summed E-state index contributed by atoms with van der Waals surface area (Å²) in [5.74, 6) is -0.841. The lowest BCUT2D eigenvalue weighted by Gasteiger charge is -2.19. The lowest BCUT2D eigenvalue weighted by atomic mass is 10.0. The minimum absolute atomic E-state index is 0.0455. The Balaban J connectivity index is 3.93. The van der Waals surface area contributed by atoms with Crippen LogP contribution in [0.25, 0.3) is 0 Å². The molecular formula is C75H126NO8P. The number of carbonyl (C=O) groups excluding carboxylic acids is 2. The molecule has 0 heterocycles. The van der Waals surface area contributed by atoms with E-state index < -0.39 is 26.5 Å². The normalized spacial score (nSPS) is 13.9. The van der Waals surface area contributed by atoms with E-state index in [9.17, 15) is 19.0 Å². The number of ether oxygens (including phenoxy) is 2. The molecule has 0 rings (SSSR count). The molecule has 10 heteroatoms. The van der Waals surface area contributed by atoms with Crippen molar-refractivity contribution >= 4 is 19.8 Å². The van der Waals surface area contributed by atoms with Gasteiger partial charge in [-0.2, -0.15) is 0 Å². The van der Waals surface area contributed by atoms with Crippen LogP contribution in [0.3, 0.4) is 0 Å². The van der Waals surface area contributed by atoms with E-state index in [0.717, 1.165) is 122 Å². The highest BCUT2D eigenvalue weighted by Gasteiger charge is 2.26. The molecule has 0 fully saturated rings. The molecule has 9 nitrogen and oxygen atoms in total. The van der Waals surface area contributed by atoms with Crippen molar-refractivity contribution in [3.63, 3.8) is 0 Å². The van der Waals surface area contributed by atoms with Gasteiger partial charge < -0.3 is 20.1 Å². The van der Waals surface area contributed by atoms with Crippen LogP contribution >= 0.6 is 7.82 Å². The summed E-state index contributed by atoms with van der Waals surface area (Å²) in [4.78, 5) is 35.4. The lowest BCUT2D eigenvalue weighted by Crippen LogP contribution is -2.29. The van der Waals surface area contributed by atoms with Gasteiger partial charge in [-0.3, -0.25) is 18.6 Å². The largest absolute Gasteiger partial charge is 0.472 e. The molecule has 0 aliphatic heterocycles. The van der Waals surface area contributed by atoms with Crippen LogP contribution in [0.2, 0.25) is 0 Å². The van der Waals surface area contributed by atoms with Crippen LogP contribution in [0.5, 0.6) is 0 Å². The molecule has 0 aromatic rings. The van der Waals surface area contributed by atoms with Gasteiger partial charge in [0.05, 0.1) is 13.2 Å². The van der Waals surface area contributed by atoms with E-state index in [4.69, 9.17) is 24.3 Å². The maximum absolute atomic E-state index is 12.8. The SMILES string of the molecule is CC/C=C\C/C=C\C/C=C\C/C=C\C/C=C\C/C=C\C/C=C\CCCCCCCCCC(=O)OC(COC(=O)CCCCCCCCCCCCCCCCCCCCC/C=C\C/C=C\C/C=C\C/C=C\C/C=C\CC)COP(=O)(O)OCCN. The highest BCUT2D eigenvalue weighted by atomic mass is 31.2.